The van der Waals surface area contributed by atoms with Gasteiger partial charge in [-0.3, -0.25) is 9.59 Å². The molecule has 0 fully saturated rings. The molecule has 0 spiro atoms. The molecule has 6 nitrogen and oxygen atoms in total. The Morgan fingerprint density at radius 2 is 1.93 bits per heavy atom. The number of nitrogens with one attached hydrogen (secondary N) is 3. The van der Waals surface area contributed by atoms with E-state index in [2.05, 4.69) is 22.0 Å². The van der Waals surface area contributed by atoms with Crippen molar-refractivity contribution in [2.45, 2.75) is 27.3 Å². The van der Waals surface area contributed by atoms with Crippen LogP contribution in [0.4, 0.5) is 11.4 Å². The first kappa shape index (κ1) is 21.3. The van der Waals surface area contributed by atoms with Crippen molar-refractivity contribution in [3.63, 3.8) is 0 Å². The quantitative estimate of drug-likeness (QED) is 0.652. The van der Waals surface area contributed by atoms with Gasteiger partial charge in [0.1, 0.15) is 0 Å². The molecule has 0 aliphatic carbocycles. The number of rotatable bonds is 7. The SMILES string of the molecule is CCNc1cc(C#N)ccc1CNC(=O)c1cc(Cl)cc(NC(=O)C(C)C)c1. The maximum absolute atomic E-state index is 12.6. The molecule has 0 heterocycles. The van der Waals surface area contributed by atoms with Gasteiger partial charge in [0.25, 0.3) is 5.91 Å². The molecule has 0 saturated carbocycles. The number of benzene rings is 2. The summed E-state index contributed by atoms with van der Waals surface area (Å²) in [5.41, 5.74) is 3.04. The molecule has 2 aromatic carbocycles. The number of hydrogen-bond donors (Lipinski definition) is 3. The third-order valence-corrected chi connectivity index (χ3v) is 4.22. The summed E-state index contributed by atoms with van der Waals surface area (Å²) in [6.07, 6.45) is 0. The number of halogens is 1. The zero-order valence-corrected chi connectivity index (χ0v) is 16.9. The van der Waals surface area contributed by atoms with Gasteiger partial charge in [-0.15, -0.1) is 0 Å². The van der Waals surface area contributed by atoms with Gasteiger partial charge in [0.15, 0.2) is 0 Å². The summed E-state index contributed by atoms with van der Waals surface area (Å²) in [6.45, 7) is 6.51. The summed E-state index contributed by atoms with van der Waals surface area (Å²) >= 11 is 6.10. The predicted molar refractivity (Wildman–Crippen MR) is 111 cm³/mol. The summed E-state index contributed by atoms with van der Waals surface area (Å²) in [7, 11) is 0. The second kappa shape index (κ2) is 9.77. The van der Waals surface area contributed by atoms with E-state index in [4.69, 9.17) is 16.9 Å². The third-order valence-electron chi connectivity index (χ3n) is 4.00. The van der Waals surface area contributed by atoms with Gasteiger partial charge in [-0.05, 0) is 42.8 Å². The van der Waals surface area contributed by atoms with Crippen LogP contribution in [0.15, 0.2) is 36.4 Å². The Bertz CT molecular complexity index is 919. The van der Waals surface area contributed by atoms with E-state index >= 15 is 0 Å². The molecule has 0 bridgehead atoms. The van der Waals surface area contributed by atoms with E-state index in [0.717, 1.165) is 11.3 Å². The summed E-state index contributed by atoms with van der Waals surface area (Å²) < 4.78 is 0. The molecule has 3 N–H and O–H groups in total. The molecule has 2 aromatic rings. The Morgan fingerprint density at radius 1 is 1.18 bits per heavy atom. The van der Waals surface area contributed by atoms with Gasteiger partial charge >= 0.3 is 0 Å². The summed E-state index contributed by atoms with van der Waals surface area (Å²) in [5.74, 6) is -0.645. The van der Waals surface area contributed by atoms with Crippen LogP contribution in [0.25, 0.3) is 0 Å². The van der Waals surface area contributed by atoms with Crippen molar-refractivity contribution in [2.24, 2.45) is 5.92 Å². The maximum atomic E-state index is 12.6. The lowest BCUT2D eigenvalue weighted by Crippen LogP contribution is -2.24. The van der Waals surface area contributed by atoms with E-state index in [1.807, 2.05) is 13.0 Å². The van der Waals surface area contributed by atoms with Gasteiger partial charge in [-0.25, -0.2) is 0 Å². The summed E-state index contributed by atoms with van der Waals surface area (Å²) in [5, 5.41) is 18.2. The third kappa shape index (κ3) is 5.73. The molecule has 0 saturated heterocycles. The monoisotopic (exact) mass is 398 g/mol. The topological polar surface area (TPSA) is 94.0 Å². The fraction of sp³-hybridized carbons (Fsp3) is 0.286. The van der Waals surface area contributed by atoms with Crippen LogP contribution in [0.1, 0.15) is 42.3 Å². The number of nitriles is 1. The lowest BCUT2D eigenvalue weighted by atomic mass is 10.1. The van der Waals surface area contributed by atoms with E-state index in [1.165, 1.54) is 0 Å². The Hall–Kier alpha value is -3.04. The zero-order valence-electron chi connectivity index (χ0n) is 16.1. The molecule has 2 rings (SSSR count). The van der Waals surface area contributed by atoms with E-state index < -0.39 is 0 Å². The number of amides is 2. The minimum atomic E-state index is -0.311. The van der Waals surface area contributed by atoms with E-state index in [0.29, 0.717) is 28.4 Å². The summed E-state index contributed by atoms with van der Waals surface area (Å²) in [4.78, 5) is 24.5. The fourth-order valence-electron chi connectivity index (χ4n) is 2.51. The first-order valence-electron chi connectivity index (χ1n) is 9.00. The van der Waals surface area contributed by atoms with Gasteiger partial charge in [0.05, 0.1) is 11.6 Å². The minimum absolute atomic E-state index is 0.151. The fourth-order valence-corrected chi connectivity index (χ4v) is 2.75. The van der Waals surface area contributed by atoms with Crippen molar-refractivity contribution in [1.82, 2.24) is 5.32 Å². The highest BCUT2D eigenvalue weighted by Crippen LogP contribution is 2.21. The number of carbonyl (C=O) groups is 2. The minimum Gasteiger partial charge on any atom is -0.385 e. The molecule has 146 valence electrons. The lowest BCUT2D eigenvalue weighted by Gasteiger charge is -2.13. The van der Waals surface area contributed by atoms with E-state index in [1.54, 1.807) is 44.2 Å². The summed E-state index contributed by atoms with van der Waals surface area (Å²) in [6, 6.07) is 12.1. The van der Waals surface area contributed by atoms with Crippen molar-refractivity contribution < 1.29 is 9.59 Å². The molecular weight excluding hydrogens is 376 g/mol. The van der Waals surface area contributed by atoms with Crippen molar-refractivity contribution >= 4 is 34.8 Å². The van der Waals surface area contributed by atoms with Crippen molar-refractivity contribution in [1.29, 1.82) is 5.26 Å². The van der Waals surface area contributed by atoms with Crippen molar-refractivity contribution in [3.8, 4) is 6.07 Å². The first-order valence-corrected chi connectivity index (χ1v) is 9.38. The van der Waals surface area contributed by atoms with Crippen LogP contribution in [0.3, 0.4) is 0 Å². The number of carbonyl (C=O) groups excluding carboxylic acids is 2. The predicted octanol–water partition coefficient (Wildman–Crippen LogP) is 4.17. The molecule has 2 amide bonds. The number of nitrogens with zero attached hydrogens (tertiary/aromatic N) is 1. The van der Waals surface area contributed by atoms with Gasteiger partial charge < -0.3 is 16.0 Å². The molecule has 0 aliphatic heterocycles. The molecule has 28 heavy (non-hydrogen) atoms. The first-order chi connectivity index (χ1) is 13.3. The molecule has 7 heteroatoms. The van der Waals surface area contributed by atoms with E-state index in [9.17, 15) is 9.59 Å². The number of anilines is 2. The van der Waals surface area contributed by atoms with Crippen LogP contribution in [-0.2, 0) is 11.3 Å². The average molecular weight is 399 g/mol. The second-order valence-electron chi connectivity index (χ2n) is 6.57. The zero-order chi connectivity index (χ0) is 20.7. The molecular formula is C21H23ClN4O2. The van der Waals surface area contributed by atoms with Gasteiger partial charge in [0.2, 0.25) is 5.91 Å². The van der Waals surface area contributed by atoms with E-state index in [-0.39, 0.29) is 24.3 Å². The lowest BCUT2D eigenvalue weighted by molar-refractivity contribution is -0.118. The van der Waals surface area contributed by atoms with Gasteiger partial charge in [-0.2, -0.15) is 5.26 Å². The Kier molecular flexibility index (Phi) is 7.42. The highest BCUT2D eigenvalue weighted by molar-refractivity contribution is 6.31. The van der Waals surface area contributed by atoms with Crippen LogP contribution < -0.4 is 16.0 Å². The molecule has 0 radical (unpaired) electrons. The van der Waals surface area contributed by atoms with Crippen LogP contribution in [0, 0.1) is 17.2 Å². The van der Waals surface area contributed by atoms with Crippen LogP contribution >= 0.6 is 11.6 Å². The van der Waals surface area contributed by atoms with Gasteiger partial charge in [0, 0.05) is 41.0 Å². The second-order valence-corrected chi connectivity index (χ2v) is 7.01. The molecule has 0 aliphatic rings. The standard InChI is InChI=1S/C21H23ClN4O2/c1-4-24-19-7-14(11-23)5-6-15(19)12-25-21(28)16-8-17(22)10-18(9-16)26-20(27)13(2)3/h5-10,13,24H,4,12H2,1-3H3,(H,25,28)(H,26,27). The van der Waals surface area contributed by atoms with Crippen molar-refractivity contribution in [3.05, 3.63) is 58.1 Å². The van der Waals surface area contributed by atoms with Crippen molar-refractivity contribution in [2.75, 3.05) is 17.2 Å². The highest BCUT2D eigenvalue weighted by Gasteiger charge is 2.13. The average Bonchev–Trinajstić information content (AvgIpc) is 2.66. The Morgan fingerprint density at radius 3 is 2.57 bits per heavy atom. The Labute approximate surface area is 169 Å². The molecule has 0 atom stereocenters. The van der Waals surface area contributed by atoms with Crippen LogP contribution in [-0.4, -0.2) is 18.4 Å². The normalized spacial score (nSPS) is 10.3. The molecule has 0 unspecified atom stereocenters. The van der Waals surface area contributed by atoms with Crippen LogP contribution in [0.5, 0.6) is 0 Å². The number of hydrogen-bond acceptors (Lipinski definition) is 4. The smallest absolute Gasteiger partial charge is 0.251 e. The highest BCUT2D eigenvalue weighted by atomic mass is 35.5. The maximum Gasteiger partial charge on any atom is 0.251 e. The van der Waals surface area contributed by atoms with Gasteiger partial charge in [-0.1, -0.05) is 31.5 Å². The Balaban J connectivity index is 2.14. The largest absolute Gasteiger partial charge is 0.385 e. The molecule has 0 aromatic heterocycles. The van der Waals surface area contributed by atoms with Crippen LogP contribution in [0.2, 0.25) is 5.02 Å².